The lowest BCUT2D eigenvalue weighted by molar-refractivity contribution is -0.145. The molecular formula is C32H37FN4O4. The molecule has 0 aliphatic carbocycles. The van der Waals surface area contributed by atoms with Gasteiger partial charge in [0.25, 0.3) is 5.91 Å². The third-order valence-corrected chi connectivity index (χ3v) is 7.19. The summed E-state index contributed by atoms with van der Waals surface area (Å²) >= 11 is 0. The number of rotatable bonds is 7. The highest BCUT2D eigenvalue weighted by Gasteiger charge is 2.43. The van der Waals surface area contributed by atoms with E-state index in [2.05, 4.69) is 5.43 Å². The number of ether oxygens (including phenoxy) is 1. The number of carbonyl (C=O) groups excluding carboxylic acids is 3. The van der Waals surface area contributed by atoms with Gasteiger partial charge in [0.1, 0.15) is 17.6 Å². The molecule has 3 aromatic rings. The number of nitrogens with two attached hydrogens (primary N) is 1. The Hall–Kier alpha value is -4.40. The van der Waals surface area contributed by atoms with E-state index in [1.807, 2.05) is 51.1 Å². The predicted octanol–water partition coefficient (Wildman–Crippen LogP) is 5.70. The number of benzene rings is 3. The summed E-state index contributed by atoms with van der Waals surface area (Å²) in [5.41, 5.74) is 10.5. The van der Waals surface area contributed by atoms with E-state index in [9.17, 15) is 18.8 Å². The Morgan fingerprint density at radius 3 is 2.29 bits per heavy atom. The first-order valence-corrected chi connectivity index (χ1v) is 13.6. The number of nitrogens with zero attached hydrogens (tertiary/aromatic N) is 2. The van der Waals surface area contributed by atoms with Crippen molar-refractivity contribution in [1.29, 1.82) is 0 Å². The Morgan fingerprint density at radius 1 is 1.00 bits per heavy atom. The van der Waals surface area contributed by atoms with Gasteiger partial charge in [-0.3, -0.25) is 19.9 Å². The minimum absolute atomic E-state index is 0.162. The Balaban J connectivity index is 1.86. The number of carbonyl (C=O) groups is 3. The van der Waals surface area contributed by atoms with E-state index in [0.717, 1.165) is 5.56 Å². The van der Waals surface area contributed by atoms with Crippen LogP contribution in [0.5, 0.6) is 5.75 Å². The van der Waals surface area contributed by atoms with Gasteiger partial charge in [-0.15, -0.1) is 0 Å². The second kappa shape index (κ2) is 12.4. The van der Waals surface area contributed by atoms with Gasteiger partial charge in [0.05, 0.1) is 18.8 Å². The summed E-state index contributed by atoms with van der Waals surface area (Å²) < 4.78 is 19.3. The molecular weight excluding hydrogens is 523 g/mol. The van der Waals surface area contributed by atoms with E-state index in [-0.39, 0.29) is 30.1 Å². The molecule has 0 aromatic heterocycles. The van der Waals surface area contributed by atoms with E-state index in [1.54, 1.807) is 36.4 Å². The number of anilines is 1. The fourth-order valence-electron chi connectivity index (χ4n) is 5.35. The van der Waals surface area contributed by atoms with Gasteiger partial charge in [-0.25, -0.2) is 14.2 Å². The van der Waals surface area contributed by atoms with Crippen molar-refractivity contribution in [3.63, 3.8) is 0 Å². The summed E-state index contributed by atoms with van der Waals surface area (Å²) in [6, 6.07) is 19.9. The summed E-state index contributed by atoms with van der Waals surface area (Å²) in [4.78, 5) is 42.0. The Kier molecular flexibility index (Phi) is 8.95. The molecule has 1 aliphatic heterocycles. The summed E-state index contributed by atoms with van der Waals surface area (Å²) in [6.07, 6.45) is 0.819. The number of urea groups is 1. The van der Waals surface area contributed by atoms with Gasteiger partial charge < -0.3 is 10.5 Å². The maximum absolute atomic E-state index is 14.5. The van der Waals surface area contributed by atoms with Gasteiger partial charge >= 0.3 is 6.03 Å². The number of primary amides is 1. The highest BCUT2D eigenvalue weighted by Crippen LogP contribution is 2.41. The van der Waals surface area contributed by atoms with Gasteiger partial charge in [0.2, 0.25) is 5.91 Å². The fraction of sp³-hybridized carbons (Fsp3) is 0.344. The van der Waals surface area contributed by atoms with Crippen LogP contribution in [0.1, 0.15) is 63.1 Å². The van der Waals surface area contributed by atoms with E-state index >= 15 is 0 Å². The van der Waals surface area contributed by atoms with Crippen molar-refractivity contribution in [2.45, 2.75) is 58.0 Å². The number of hydrogen-bond acceptors (Lipinski definition) is 4. The zero-order valence-electron chi connectivity index (χ0n) is 23.8. The molecule has 0 saturated carbocycles. The number of halogens is 1. The van der Waals surface area contributed by atoms with Crippen LogP contribution >= 0.6 is 0 Å². The molecule has 3 aromatic carbocycles. The Bertz CT molecular complexity index is 1370. The molecule has 1 fully saturated rings. The number of hydrogen-bond donors (Lipinski definition) is 2. The molecule has 0 bridgehead atoms. The van der Waals surface area contributed by atoms with Crippen LogP contribution in [0.15, 0.2) is 78.9 Å². The molecule has 0 spiro atoms. The van der Waals surface area contributed by atoms with Crippen molar-refractivity contribution in [3.8, 4) is 5.75 Å². The number of methoxy groups -OCH3 is 1. The second-order valence-electron chi connectivity index (χ2n) is 11.6. The number of hydrazine groups is 1. The first kappa shape index (κ1) is 29.6. The van der Waals surface area contributed by atoms with Gasteiger partial charge in [0.15, 0.2) is 0 Å². The van der Waals surface area contributed by atoms with E-state index in [1.165, 1.54) is 29.2 Å². The van der Waals surface area contributed by atoms with E-state index in [0.29, 0.717) is 23.4 Å². The Labute approximate surface area is 240 Å². The van der Waals surface area contributed by atoms with Crippen LogP contribution in [-0.2, 0) is 9.59 Å². The first-order chi connectivity index (χ1) is 19.5. The molecule has 4 amide bonds. The smallest absolute Gasteiger partial charge is 0.320 e. The maximum atomic E-state index is 14.5. The monoisotopic (exact) mass is 560 g/mol. The molecule has 8 nitrogen and oxygen atoms in total. The third-order valence-electron chi connectivity index (χ3n) is 7.19. The summed E-state index contributed by atoms with van der Waals surface area (Å²) in [5, 5.41) is 1.31. The molecule has 4 rings (SSSR count). The van der Waals surface area contributed by atoms with Crippen LogP contribution in [-0.4, -0.2) is 36.0 Å². The maximum Gasteiger partial charge on any atom is 0.320 e. The SMILES string of the molecule is COc1cccc(N(C(N)=O)[C@@H]2C[C@H](c3ccccc3)CC(c3ccc(F)cc3)N(NC(=O)CC(C)(C)C)C2=O)c1. The standard InChI is InChI=1S/C32H37FN4O4/c1-32(2,3)20-29(38)35-37-27(22-13-15-24(33)16-14-22)17-23(21-9-6-5-7-10-21)18-28(30(37)39)36(31(34)40)25-11-8-12-26(19-25)41-4/h5-16,19,23,27-28H,17-18,20H2,1-4H3,(H2,34,40)(H,35,38)/t23-,27?,28-/m1/s1. The Morgan fingerprint density at radius 2 is 1.68 bits per heavy atom. The van der Waals surface area contributed by atoms with E-state index < -0.39 is 29.8 Å². The lowest BCUT2D eigenvalue weighted by atomic mass is 9.86. The van der Waals surface area contributed by atoms with Crippen molar-refractivity contribution < 1.29 is 23.5 Å². The lowest BCUT2D eigenvalue weighted by Crippen LogP contribution is -2.57. The molecule has 41 heavy (non-hydrogen) atoms. The van der Waals surface area contributed by atoms with Gasteiger partial charge in [-0.2, -0.15) is 0 Å². The average molecular weight is 561 g/mol. The van der Waals surface area contributed by atoms with Crippen LogP contribution in [0, 0.1) is 11.2 Å². The van der Waals surface area contributed by atoms with Crippen molar-refractivity contribution >= 4 is 23.5 Å². The van der Waals surface area contributed by atoms with Crippen LogP contribution in [0.25, 0.3) is 0 Å². The highest BCUT2D eigenvalue weighted by molar-refractivity contribution is 6.00. The minimum atomic E-state index is -1.05. The first-order valence-electron chi connectivity index (χ1n) is 13.6. The molecule has 9 heteroatoms. The van der Waals surface area contributed by atoms with Crippen LogP contribution in [0.4, 0.5) is 14.9 Å². The predicted molar refractivity (Wildman–Crippen MR) is 155 cm³/mol. The minimum Gasteiger partial charge on any atom is -0.497 e. The van der Waals surface area contributed by atoms with Crippen molar-refractivity contribution in [3.05, 3.63) is 95.8 Å². The average Bonchev–Trinajstić information content (AvgIpc) is 3.06. The zero-order valence-corrected chi connectivity index (χ0v) is 23.8. The summed E-state index contributed by atoms with van der Waals surface area (Å²) in [7, 11) is 1.51. The second-order valence-corrected chi connectivity index (χ2v) is 11.6. The van der Waals surface area contributed by atoms with Gasteiger partial charge in [0, 0.05) is 12.5 Å². The van der Waals surface area contributed by atoms with Crippen LogP contribution < -0.4 is 20.8 Å². The zero-order chi connectivity index (χ0) is 29.7. The quantitative estimate of drug-likeness (QED) is 0.387. The normalized spacial score (nSPS) is 19.3. The molecule has 0 radical (unpaired) electrons. The topological polar surface area (TPSA) is 105 Å². The van der Waals surface area contributed by atoms with Gasteiger partial charge in [-0.1, -0.05) is 69.3 Å². The van der Waals surface area contributed by atoms with E-state index in [4.69, 9.17) is 10.5 Å². The molecule has 3 atom stereocenters. The largest absolute Gasteiger partial charge is 0.497 e. The van der Waals surface area contributed by atoms with Crippen LogP contribution in [0.2, 0.25) is 0 Å². The molecule has 1 aliphatic rings. The third kappa shape index (κ3) is 7.22. The number of amides is 4. The highest BCUT2D eigenvalue weighted by atomic mass is 19.1. The molecule has 216 valence electrons. The molecule has 1 heterocycles. The van der Waals surface area contributed by atoms with Gasteiger partial charge in [-0.05, 0) is 59.6 Å². The molecule has 1 unspecified atom stereocenters. The summed E-state index contributed by atoms with van der Waals surface area (Å²) in [6.45, 7) is 5.79. The molecule has 3 N–H and O–H groups in total. The van der Waals surface area contributed by atoms with Crippen molar-refractivity contribution in [1.82, 2.24) is 10.4 Å². The van der Waals surface area contributed by atoms with Crippen molar-refractivity contribution in [2.24, 2.45) is 11.1 Å². The lowest BCUT2D eigenvalue weighted by Gasteiger charge is -2.35. The molecule has 1 saturated heterocycles. The van der Waals surface area contributed by atoms with Crippen LogP contribution in [0.3, 0.4) is 0 Å². The van der Waals surface area contributed by atoms with Crippen molar-refractivity contribution in [2.75, 3.05) is 12.0 Å². The summed E-state index contributed by atoms with van der Waals surface area (Å²) in [5.74, 6) is -0.970. The number of nitrogens with one attached hydrogen (secondary N) is 1. The fourth-order valence-corrected chi connectivity index (χ4v) is 5.35.